The quantitative estimate of drug-likeness (QED) is 0.804. The van der Waals surface area contributed by atoms with Gasteiger partial charge in [-0.3, -0.25) is 4.90 Å². The zero-order valence-corrected chi connectivity index (χ0v) is 11.4. The Labute approximate surface area is 99.0 Å². The third-order valence-electron chi connectivity index (χ3n) is 3.81. The largest absolute Gasteiger partial charge is 0.329 e. The van der Waals surface area contributed by atoms with E-state index in [-0.39, 0.29) is 5.54 Å². The van der Waals surface area contributed by atoms with E-state index in [1.807, 2.05) is 0 Å². The molecule has 0 aromatic heterocycles. The third-order valence-corrected chi connectivity index (χ3v) is 5.14. The molecule has 0 bridgehead atoms. The van der Waals surface area contributed by atoms with Gasteiger partial charge in [0.05, 0.1) is 0 Å². The molecule has 90 valence electrons. The van der Waals surface area contributed by atoms with Crippen LogP contribution in [-0.2, 0) is 0 Å². The monoisotopic (exact) mass is 230 g/mol. The van der Waals surface area contributed by atoms with E-state index in [1.54, 1.807) is 0 Å². The molecule has 1 aliphatic rings. The minimum absolute atomic E-state index is 0.212. The van der Waals surface area contributed by atoms with Crippen LogP contribution in [-0.4, -0.2) is 40.6 Å². The molecule has 1 rings (SSSR count). The SMILES string of the molecule is CCCC(C)(CN)N1CCSC(C)C1C. The van der Waals surface area contributed by atoms with Gasteiger partial charge in [0.25, 0.3) is 0 Å². The maximum atomic E-state index is 5.98. The second-order valence-electron chi connectivity index (χ2n) is 4.96. The Hall–Kier alpha value is 0.270. The first-order valence-corrected chi connectivity index (χ1v) is 7.18. The molecule has 3 heteroatoms. The molecule has 0 aliphatic carbocycles. The van der Waals surface area contributed by atoms with Gasteiger partial charge in [-0.15, -0.1) is 0 Å². The van der Waals surface area contributed by atoms with Crippen molar-refractivity contribution in [3.8, 4) is 0 Å². The number of thioether (sulfide) groups is 1. The highest BCUT2D eigenvalue weighted by Crippen LogP contribution is 2.31. The van der Waals surface area contributed by atoms with Gasteiger partial charge in [-0.1, -0.05) is 20.3 Å². The number of nitrogens with two attached hydrogens (primary N) is 1. The molecule has 1 aliphatic heterocycles. The summed E-state index contributed by atoms with van der Waals surface area (Å²) in [5.41, 5.74) is 6.19. The Morgan fingerprint density at radius 1 is 1.47 bits per heavy atom. The van der Waals surface area contributed by atoms with Crippen LogP contribution in [0.4, 0.5) is 0 Å². The van der Waals surface area contributed by atoms with Crippen molar-refractivity contribution < 1.29 is 0 Å². The summed E-state index contributed by atoms with van der Waals surface area (Å²) < 4.78 is 0. The summed E-state index contributed by atoms with van der Waals surface area (Å²) in [4.78, 5) is 2.64. The van der Waals surface area contributed by atoms with Crippen LogP contribution in [0.5, 0.6) is 0 Å². The lowest BCUT2D eigenvalue weighted by molar-refractivity contribution is 0.0637. The Morgan fingerprint density at radius 2 is 2.13 bits per heavy atom. The van der Waals surface area contributed by atoms with Gasteiger partial charge in [0.2, 0.25) is 0 Å². The van der Waals surface area contributed by atoms with Crippen molar-refractivity contribution in [1.82, 2.24) is 4.90 Å². The molecule has 2 N–H and O–H groups in total. The highest BCUT2D eigenvalue weighted by Gasteiger charge is 2.37. The summed E-state index contributed by atoms with van der Waals surface area (Å²) in [7, 11) is 0. The van der Waals surface area contributed by atoms with Crippen molar-refractivity contribution in [3.05, 3.63) is 0 Å². The van der Waals surface area contributed by atoms with Gasteiger partial charge in [0, 0.05) is 35.7 Å². The fraction of sp³-hybridized carbons (Fsp3) is 1.00. The zero-order chi connectivity index (χ0) is 11.5. The lowest BCUT2D eigenvalue weighted by atomic mass is 9.91. The number of hydrogen-bond acceptors (Lipinski definition) is 3. The first kappa shape index (κ1) is 13.3. The Balaban J connectivity index is 2.73. The molecule has 3 atom stereocenters. The minimum atomic E-state index is 0.212. The van der Waals surface area contributed by atoms with E-state index in [4.69, 9.17) is 5.73 Å². The van der Waals surface area contributed by atoms with Gasteiger partial charge in [-0.2, -0.15) is 11.8 Å². The first-order chi connectivity index (χ1) is 7.05. The predicted octanol–water partition coefficient (Wildman–Crippen LogP) is 2.33. The van der Waals surface area contributed by atoms with Crippen LogP contribution in [0.3, 0.4) is 0 Å². The van der Waals surface area contributed by atoms with E-state index < -0.39 is 0 Å². The van der Waals surface area contributed by atoms with Gasteiger partial charge < -0.3 is 5.73 Å². The van der Waals surface area contributed by atoms with Crippen molar-refractivity contribution in [3.63, 3.8) is 0 Å². The molecule has 2 nitrogen and oxygen atoms in total. The first-order valence-electron chi connectivity index (χ1n) is 6.13. The van der Waals surface area contributed by atoms with E-state index >= 15 is 0 Å². The van der Waals surface area contributed by atoms with Gasteiger partial charge in [-0.25, -0.2) is 0 Å². The smallest absolute Gasteiger partial charge is 0.0307 e. The summed E-state index contributed by atoms with van der Waals surface area (Å²) in [6, 6.07) is 0.656. The summed E-state index contributed by atoms with van der Waals surface area (Å²) in [6.07, 6.45) is 2.43. The number of rotatable bonds is 4. The molecule has 0 aromatic rings. The molecule has 3 unspecified atom stereocenters. The average Bonchev–Trinajstić information content (AvgIpc) is 2.22. The summed E-state index contributed by atoms with van der Waals surface area (Å²) in [6.45, 7) is 11.2. The zero-order valence-electron chi connectivity index (χ0n) is 10.6. The summed E-state index contributed by atoms with van der Waals surface area (Å²) in [5, 5.41) is 0.737. The fourth-order valence-corrected chi connectivity index (χ4v) is 3.70. The molecule has 0 spiro atoms. The molecule has 1 fully saturated rings. The van der Waals surface area contributed by atoms with Gasteiger partial charge in [0.15, 0.2) is 0 Å². The minimum Gasteiger partial charge on any atom is -0.329 e. The van der Waals surface area contributed by atoms with Crippen LogP contribution in [0.25, 0.3) is 0 Å². The van der Waals surface area contributed by atoms with Gasteiger partial charge >= 0.3 is 0 Å². The van der Waals surface area contributed by atoms with Crippen molar-refractivity contribution >= 4 is 11.8 Å². The molecular formula is C12H26N2S. The van der Waals surface area contributed by atoms with Crippen molar-refractivity contribution in [2.45, 2.75) is 57.4 Å². The van der Waals surface area contributed by atoms with Crippen LogP contribution in [0.1, 0.15) is 40.5 Å². The molecule has 0 saturated carbocycles. The molecule has 1 saturated heterocycles. The summed E-state index contributed by atoms with van der Waals surface area (Å²) in [5.74, 6) is 1.25. The maximum absolute atomic E-state index is 5.98. The molecule has 15 heavy (non-hydrogen) atoms. The second-order valence-corrected chi connectivity index (χ2v) is 6.45. The molecule has 0 radical (unpaired) electrons. The molecule has 0 amide bonds. The lowest BCUT2D eigenvalue weighted by Crippen LogP contribution is -2.59. The van der Waals surface area contributed by atoms with E-state index in [0.29, 0.717) is 6.04 Å². The Morgan fingerprint density at radius 3 is 2.67 bits per heavy atom. The topological polar surface area (TPSA) is 29.3 Å². The van der Waals surface area contributed by atoms with Crippen molar-refractivity contribution in [2.75, 3.05) is 18.8 Å². The Kier molecular flexibility index (Phi) is 4.94. The standard InChI is InChI=1S/C12H26N2S/c1-5-6-12(4,9-13)14-7-8-15-11(3)10(14)2/h10-11H,5-9,13H2,1-4H3. The van der Waals surface area contributed by atoms with Crippen molar-refractivity contribution in [2.24, 2.45) is 5.73 Å². The van der Waals surface area contributed by atoms with Crippen LogP contribution < -0.4 is 5.73 Å². The third kappa shape index (κ3) is 2.89. The number of nitrogens with zero attached hydrogens (tertiary/aromatic N) is 1. The van der Waals surface area contributed by atoms with Crippen molar-refractivity contribution in [1.29, 1.82) is 0 Å². The van der Waals surface area contributed by atoms with E-state index in [9.17, 15) is 0 Å². The second kappa shape index (κ2) is 5.55. The van der Waals surface area contributed by atoms with Crippen LogP contribution in [0.2, 0.25) is 0 Å². The normalized spacial score (nSPS) is 32.6. The lowest BCUT2D eigenvalue weighted by Gasteiger charge is -2.48. The molecular weight excluding hydrogens is 204 g/mol. The highest BCUT2D eigenvalue weighted by atomic mass is 32.2. The number of hydrogen-bond donors (Lipinski definition) is 1. The van der Waals surface area contributed by atoms with Crippen LogP contribution in [0.15, 0.2) is 0 Å². The predicted molar refractivity (Wildman–Crippen MR) is 70.5 cm³/mol. The van der Waals surface area contributed by atoms with Crippen LogP contribution >= 0.6 is 11.8 Å². The maximum Gasteiger partial charge on any atom is 0.0307 e. The van der Waals surface area contributed by atoms with E-state index in [0.717, 1.165) is 11.8 Å². The highest BCUT2D eigenvalue weighted by molar-refractivity contribution is 8.00. The van der Waals surface area contributed by atoms with E-state index in [1.165, 1.54) is 25.1 Å². The van der Waals surface area contributed by atoms with Gasteiger partial charge in [-0.05, 0) is 20.3 Å². The molecule has 0 aromatic carbocycles. The average molecular weight is 230 g/mol. The Bertz CT molecular complexity index is 198. The van der Waals surface area contributed by atoms with Gasteiger partial charge in [0.1, 0.15) is 0 Å². The van der Waals surface area contributed by atoms with Crippen LogP contribution in [0, 0.1) is 0 Å². The molecule has 1 heterocycles. The fourth-order valence-electron chi connectivity index (χ4n) is 2.60. The summed E-state index contributed by atoms with van der Waals surface area (Å²) >= 11 is 2.09. The van der Waals surface area contributed by atoms with E-state index in [2.05, 4.69) is 44.4 Å².